The molecular weight excluding hydrogens is 228 g/mol. The molecule has 17 heavy (non-hydrogen) atoms. The van der Waals surface area contributed by atoms with E-state index >= 15 is 0 Å². The van der Waals surface area contributed by atoms with Crippen molar-refractivity contribution in [2.24, 2.45) is 0 Å². The van der Waals surface area contributed by atoms with Gasteiger partial charge in [-0.3, -0.25) is 4.79 Å². The van der Waals surface area contributed by atoms with Crippen molar-refractivity contribution >= 4 is 17.9 Å². The Morgan fingerprint density at radius 2 is 1.94 bits per heavy atom. The largest absolute Gasteiger partial charge is 0.479 e. The summed E-state index contributed by atoms with van der Waals surface area (Å²) >= 11 is 0. The van der Waals surface area contributed by atoms with Crippen LogP contribution in [0.1, 0.15) is 25.7 Å². The average molecular weight is 242 g/mol. The van der Waals surface area contributed by atoms with Crippen LogP contribution in [0.5, 0.6) is 0 Å². The molecule has 0 radical (unpaired) electrons. The van der Waals surface area contributed by atoms with Crippen molar-refractivity contribution < 1.29 is 29.0 Å². The molecule has 6 heteroatoms. The molecule has 0 unspecified atom stereocenters. The van der Waals surface area contributed by atoms with Crippen LogP contribution < -0.4 is 0 Å². The van der Waals surface area contributed by atoms with Crippen LogP contribution in [0.2, 0.25) is 0 Å². The third-order valence-electron chi connectivity index (χ3n) is 2.32. The van der Waals surface area contributed by atoms with Crippen molar-refractivity contribution in [3.63, 3.8) is 0 Å². The fourth-order valence-electron chi connectivity index (χ4n) is 1.19. The van der Waals surface area contributed by atoms with E-state index in [4.69, 9.17) is 9.84 Å². The van der Waals surface area contributed by atoms with Gasteiger partial charge in [0.05, 0.1) is 6.42 Å². The summed E-state index contributed by atoms with van der Waals surface area (Å²) in [6, 6.07) is 0. The summed E-state index contributed by atoms with van der Waals surface area (Å²) < 4.78 is 9.37. The van der Waals surface area contributed by atoms with Gasteiger partial charge >= 0.3 is 17.9 Å². The van der Waals surface area contributed by atoms with Crippen LogP contribution in [-0.2, 0) is 23.9 Å². The predicted octanol–water partition coefficient (Wildman–Crippen LogP) is 0.656. The van der Waals surface area contributed by atoms with Crippen molar-refractivity contribution in [1.29, 1.82) is 0 Å². The number of carbonyl (C=O) groups excluding carboxylic acids is 2. The number of aliphatic carboxylic acids is 1. The molecule has 0 bridgehead atoms. The minimum absolute atomic E-state index is 0.0506. The SMILES string of the molecule is C=C(CC(=O)OC1CCC1)C(=O)OCC(=O)O. The predicted molar refractivity (Wildman–Crippen MR) is 56.1 cm³/mol. The summed E-state index contributed by atoms with van der Waals surface area (Å²) in [6.45, 7) is 2.61. The fourth-order valence-corrected chi connectivity index (χ4v) is 1.19. The third kappa shape index (κ3) is 4.67. The van der Waals surface area contributed by atoms with Gasteiger partial charge in [0.25, 0.3) is 0 Å². The quantitative estimate of drug-likeness (QED) is 0.543. The van der Waals surface area contributed by atoms with Crippen molar-refractivity contribution in [3.05, 3.63) is 12.2 Å². The highest BCUT2D eigenvalue weighted by molar-refractivity contribution is 5.94. The highest BCUT2D eigenvalue weighted by atomic mass is 16.6. The van der Waals surface area contributed by atoms with Crippen LogP contribution in [0.4, 0.5) is 0 Å². The van der Waals surface area contributed by atoms with E-state index in [0.717, 1.165) is 19.3 Å². The second-order valence-corrected chi connectivity index (χ2v) is 3.79. The van der Waals surface area contributed by atoms with Gasteiger partial charge in [0.15, 0.2) is 6.61 Å². The molecule has 1 aliphatic rings. The molecule has 6 nitrogen and oxygen atoms in total. The van der Waals surface area contributed by atoms with Crippen LogP contribution >= 0.6 is 0 Å². The lowest BCUT2D eigenvalue weighted by atomic mass is 9.96. The van der Waals surface area contributed by atoms with Gasteiger partial charge in [-0.25, -0.2) is 9.59 Å². The first-order chi connectivity index (χ1) is 7.99. The maximum absolute atomic E-state index is 11.3. The summed E-state index contributed by atoms with van der Waals surface area (Å²) in [5, 5.41) is 8.29. The van der Waals surface area contributed by atoms with Crippen LogP contribution in [0.15, 0.2) is 12.2 Å². The van der Waals surface area contributed by atoms with E-state index in [1.165, 1.54) is 0 Å². The molecule has 0 aromatic rings. The summed E-state index contributed by atoms with van der Waals surface area (Å²) in [5.41, 5.74) is -0.101. The minimum atomic E-state index is -1.26. The van der Waals surface area contributed by atoms with E-state index in [1.807, 2.05) is 0 Å². The molecule has 1 rings (SSSR count). The zero-order valence-corrected chi connectivity index (χ0v) is 9.31. The summed E-state index contributed by atoms with van der Waals surface area (Å²) in [6.07, 6.45) is 2.42. The van der Waals surface area contributed by atoms with Crippen LogP contribution in [0.25, 0.3) is 0 Å². The highest BCUT2D eigenvalue weighted by Gasteiger charge is 2.23. The van der Waals surface area contributed by atoms with Gasteiger partial charge in [0, 0.05) is 5.57 Å². The summed E-state index contributed by atoms with van der Waals surface area (Å²) in [7, 11) is 0. The number of esters is 2. The Kier molecular flexibility index (Phi) is 4.68. The van der Waals surface area contributed by atoms with Gasteiger partial charge in [0.1, 0.15) is 6.10 Å². The first kappa shape index (κ1) is 13.2. The van der Waals surface area contributed by atoms with Crippen molar-refractivity contribution in [2.75, 3.05) is 6.61 Å². The average Bonchev–Trinajstić information content (AvgIpc) is 2.19. The topological polar surface area (TPSA) is 89.9 Å². The molecule has 94 valence electrons. The van der Waals surface area contributed by atoms with Crippen molar-refractivity contribution in [2.45, 2.75) is 31.8 Å². The molecule has 1 fully saturated rings. The Hall–Kier alpha value is -1.85. The third-order valence-corrected chi connectivity index (χ3v) is 2.32. The molecule has 0 heterocycles. The second kappa shape index (κ2) is 6.03. The molecule has 0 aromatic heterocycles. The molecule has 0 saturated heterocycles. The maximum Gasteiger partial charge on any atom is 0.341 e. The Balaban J connectivity index is 2.24. The zero-order valence-electron chi connectivity index (χ0n) is 9.31. The zero-order chi connectivity index (χ0) is 12.8. The molecule has 1 saturated carbocycles. The van der Waals surface area contributed by atoms with Gasteiger partial charge in [-0.15, -0.1) is 0 Å². The number of carbonyl (C=O) groups is 3. The molecule has 0 aliphatic heterocycles. The van der Waals surface area contributed by atoms with E-state index in [1.54, 1.807) is 0 Å². The number of hydrogen-bond donors (Lipinski definition) is 1. The first-order valence-electron chi connectivity index (χ1n) is 5.25. The lowest BCUT2D eigenvalue weighted by molar-refractivity contribution is -0.155. The maximum atomic E-state index is 11.3. The normalized spacial score (nSPS) is 14.6. The number of hydrogen-bond acceptors (Lipinski definition) is 5. The molecule has 0 amide bonds. The molecule has 1 aliphatic carbocycles. The first-order valence-corrected chi connectivity index (χ1v) is 5.25. The molecule has 0 aromatic carbocycles. The number of carboxylic acids is 1. The van der Waals surface area contributed by atoms with Gasteiger partial charge in [0.2, 0.25) is 0 Å². The van der Waals surface area contributed by atoms with E-state index in [2.05, 4.69) is 11.3 Å². The molecule has 0 spiro atoms. The second-order valence-electron chi connectivity index (χ2n) is 3.79. The number of rotatable bonds is 6. The molecular formula is C11H14O6. The van der Waals surface area contributed by atoms with Crippen LogP contribution in [-0.4, -0.2) is 35.7 Å². The highest BCUT2D eigenvalue weighted by Crippen LogP contribution is 2.22. The minimum Gasteiger partial charge on any atom is -0.479 e. The fraction of sp³-hybridized carbons (Fsp3) is 0.545. The van der Waals surface area contributed by atoms with E-state index in [9.17, 15) is 14.4 Å². The lowest BCUT2D eigenvalue weighted by Gasteiger charge is -2.25. The van der Waals surface area contributed by atoms with Gasteiger partial charge in [-0.1, -0.05) is 6.58 Å². The van der Waals surface area contributed by atoms with Gasteiger partial charge < -0.3 is 14.6 Å². The van der Waals surface area contributed by atoms with Crippen molar-refractivity contribution in [3.8, 4) is 0 Å². The van der Waals surface area contributed by atoms with Crippen LogP contribution in [0.3, 0.4) is 0 Å². The summed E-state index contributed by atoms with van der Waals surface area (Å²) in [4.78, 5) is 32.6. The molecule has 0 atom stereocenters. The molecule has 1 N–H and O–H groups in total. The van der Waals surface area contributed by atoms with Crippen LogP contribution in [0, 0.1) is 0 Å². The van der Waals surface area contributed by atoms with E-state index < -0.39 is 24.5 Å². The Bertz CT molecular complexity index is 342. The Labute approximate surface area is 98.2 Å². The Morgan fingerprint density at radius 3 is 2.41 bits per heavy atom. The lowest BCUT2D eigenvalue weighted by Crippen LogP contribution is -2.26. The van der Waals surface area contributed by atoms with Gasteiger partial charge in [-0.2, -0.15) is 0 Å². The smallest absolute Gasteiger partial charge is 0.341 e. The van der Waals surface area contributed by atoms with E-state index in [-0.39, 0.29) is 18.1 Å². The number of ether oxygens (including phenoxy) is 2. The van der Waals surface area contributed by atoms with E-state index in [0.29, 0.717) is 0 Å². The standard InChI is InChI=1S/C11H14O6/c1-7(11(15)16-6-9(12)13)5-10(14)17-8-3-2-4-8/h8H,1-6H2,(H,12,13). The summed E-state index contributed by atoms with van der Waals surface area (Å²) in [5.74, 6) is -2.69. The van der Waals surface area contributed by atoms with Crippen molar-refractivity contribution in [1.82, 2.24) is 0 Å². The Morgan fingerprint density at radius 1 is 1.29 bits per heavy atom. The number of carboxylic acid groups (broad SMARTS) is 1. The van der Waals surface area contributed by atoms with Gasteiger partial charge in [-0.05, 0) is 19.3 Å². The monoisotopic (exact) mass is 242 g/mol.